The van der Waals surface area contributed by atoms with E-state index in [4.69, 9.17) is 16.7 Å². The van der Waals surface area contributed by atoms with Gasteiger partial charge >= 0.3 is 5.97 Å². The van der Waals surface area contributed by atoms with Crippen molar-refractivity contribution >= 4 is 38.7 Å². The third kappa shape index (κ3) is 2.28. The third-order valence-corrected chi connectivity index (χ3v) is 1.71. The van der Waals surface area contributed by atoms with Crippen LogP contribution < -0.4 is 0 Å². The SMILES string of the molecule is O=C(O)C(Br)C(=O)Cl. The molecule has 5 heteroatoms. The zero-order valence-electron chi connectivity index (χ0n) is 3.60. The highest BCUT2D eigenvalue weighted by molar-refractivity contribution is 9.10. The molecule has 0 aliphatic heterocycles. The fraction of sp³-hybridized carbons (Fsp3) is 0.333. The first-order valence-electron chi connectivity index (χ1n) is 1.62. The fourth-order valence-corrected chi connectivity index (χ4v) is 0.190. The Bertz CT molecular complexity index is 110. The van der Waals surface area contributed by atoms with Gasteiger partial charge in [-0.2, -0.15) is 0 Å². The van der Waals surface area contributed by atoms with Crippen LogP contribution in [0.15, 0.2) is 0 Å². The Balaban J connectivity index is 3.83. The molecule has 0 bridgehead atoms. The summed E-state index contributed by atoms with van der Waals surface area (Å²) < 4.78 is 0. The first-order valence-corrected chi connectivity index (χ1v) is 2.91. The zero-order chi connectivity index (χ0) is 6.73. The Hall–Kier alpha value is -0.0900. The Kier molecular flexibility index (Phi) is 3.01. The average Bonchev–Trinajstić information content (AvgIpc) is 1.64. The summed E-state index contributed by atoms with van der Waals surface area (Å²) in [7, 11) is 0. The van der Waals surface area contributed by atoms with Crippen LogP contribution in [0.3, 0.4) is 0 Å². The molecule has 1 unspecified atom stereocenters. The first kappa shape index (κ1) is 7.91. The number of hydrogen-bond acceptors (Lipinski definition) is 2. The molecule has 0 fully saturated rings. The van der Waals surface area contributed by atoms with Gasteiger partial charge in [-0.1, -0.05) is 15.9 Å². The Labute approximate surface area is 58.8 Å². The third-order valence-electron chi connectivity index (χ3n) is 0.416. The largest absolute Gasteiger partial charge is 0.480 e. The van der Waals surface area contributed by atoms with Crippen LogP contribution in [0.25, 0.3) is 0 Å². The van der Waals surface area contributed by atoms with E-state index in [9.17, 15) is 9.59 Å². The molecule has 46 valence electrons. The normalized spacial score (nSPS) is 12.8. The van der Waals surface area contributed by atoms with E-state index in [1.54, 1.807) is 0 Å². The summed E-state index contributed by atoms with van der Waals surface area (Å²) in [5, 5.41) is 7.08. The van der Waals surface area contributed by atoms with E-state index < -0.39 is 16.0 Å². The van der Waals surface area contributed by atoms with E-state index in [1.807, 2.05) is 0 Å². The van der Waals surface area contributed by atoms with E-state index in [0.29, 0.717) is 0 Å². The van der Waals surface area contributed by atoms with Crippen LogP contribution in [0.1, 0.15) is 0 Å². The minimum Gasteiger partial charge on any atom is -0.480 e. The Morgan fingerprint density at radius 1 is 1.62 bits per heavy atom. The molecule has 0 spiro atoms. The smallest absolute Gasteiger partial charge is 0.326 e. The lowest BCUT2D eigenvalue weighted by Gasteiger charge is -1.91. The molecule has 0 saturated heterocycles. The number of rotatable bonds is 2. The van der Waals surface area contributed by atoms with Crippen LogP contribution in [-0.4, -0.2) is 21.1 Å². The van der Waals surface area contributed by atoms with Crippen LogP contribution in [0.4, 0.5) is 0 Å². The van der Waals surface area contributed by atoms with Crippen LogP contribution in [0.5, 0.6) is 0 Å². The van der Waals surface area contributed by atoms with Gasteiger partial charge in [-0.25, -0.2) is 0 Å². The summed E-state index contributed by atoms with van der Waals surface area (Å²) in [4.78, 5) is 18.4. The molecule has 1 N–H and O–H groups in total. The van der Waals surface area contributed by atoms with E-state index in [-0.39, 0.29) is 0 Å². The van der Waals surface area contributed by atoms with Gasteiger partial charge in [0.1, 0.15) is 0 Å². The van der Waals surface area contributed by atoms with Crippen molar-refractivity contribution in [3.8, 4) is 0 Å². The van der Waals surface area contributed by atoms with Crippen molar-refractivity contribution < 1.29 is 14.7 Å². The van der Waals surface area contributed by atoms with Crippen molar-refractivity contribution in [1.29, 1.82) is 0 Å². The van der Waals surface area contributed by atoms with E-state index in [0.717, 1.165) is 0 Å². The standard InChI is InChI=1S/C3H2BrClO3/c4-1(2(5)6)3(7)8/h1H,(H,7,8). The maximum atomic E-state index is 9.92. The molecular formula is C3H2BrClO3. The van der Waals surface area contributed by atoms with Crippen molar-refractivity contribution in [2.45, 2.75) is 4.83 Å². The van der Waals surface area contributed by atoms with Crippen molar-refractivity contribution in [2.24, 2.45) is 0 Å². The van der Waals surface area contributed by atoms with Gasteiger partial charge < -0.3 is 5.11 Å². The van der Waals surface area contributed by atoms with Crippen molar-refractivity contribution in [3.05, 3.63) is 0 Å². The van der Waals surface area contributed by atoms with Crippen LogP contribution in [0, 0.1) is 0 Å². The second-order valence-corrected chi connectivity index (χ2v) is 2.29. The maximum Gasteiger partial charge on any atom is 0.326 e. The highest BCUT2D eigenvalue weighted by Gasteiger charge is 2.19. The first-order chi connectivity index (χ1) is 3.55. The average molecular weight is 201 g/mol. The number of carbonyl (C=O) groups is 2. The molecule has 1 atom stereocenters. The van der Waals surface area contributed by atoms with Gasteiger partial charge in [0.05, 0.1) is 0 Å². The number of carbonyl (C=O) groups excluding carboxylic acids is 1. The second kappa shape index (κ2) is 3.04. The molecule has 0 aliphatic carbocycles. The molecule has 0 aromatic carbocycles. The number of alkyl halides is 1. The topological polar surface area (TPSA) is 54.4 Å². The minimum atomic E-state index is -1.27. The Morgan fingerprint density at radius 2 is 2.00 bits per heavy atom. The second-order valence-electron chi connectivity index (χ2n) is 1.00. The van der Waals surface area contributed by atoms with E-state index >= 15 is 0 Å². The van der Waals surface area contributed by atoms with Crippen LogP contribution >= 0.6 is 27.5 Å². The van der Waals surface area contributed by atoms with Crippen LogP contribution in [-0.2, 0) is 9.59 Å². The summed E-state index contributed by atoms with van der Waals surface area (Å²) >= 11 is 7.28. The molecule has 3 nitrogen and oxygen atoms in total. The lowest BCUT2D eigenvalue weighted by Crippen LogP contribution is -2.18. The summed E-state index contributed by atoms with van der Waals surface area (Å²) in [5.41, 5.74) is 0. The molecule has 0 rings (SSSR count). The molecule has 0 saturated carbocycles. The zero-order valence-corrected chi connectivity index (χ0v) is 5.94. The van der Waals surface area contributed by atoms with Gasteiger partial charge in [0.15, 0.2) is 4.83 Å². The predicted molar refractivity (Wildman–Crippen MR) is 31.2 cm³/mol. The Morgan fingerprint density at radius 3 is 2.00 bits per heavy atom. The molecule has 8 heavy (non-hydrogen) atoms. The lowest BCUT2D eigenvalue weighted by molar-refractivity contribution is -0.137. The molecule has 0 radical (unpaired) electrons. The summed E-state index contributed by atoms with van der Waals surface area (Å²) in [6.07, 6.45) is 0. The number of carboxylic acid groups (broad SMARTS) is 1. The minimum absolute atomic E-state index is 0.919. The molecule has 0 aromatic heterocycles. The van der Waals surface area contributed by atoms with Gasteiger partial charge in [0, 0.05) is 0 Å². The molecular weight excluding hydrogens is 199 g/mol. The number of carboxylic acids is 1. The number of halogens is 2. The molecule has 0 amide bonds. The van der Waals surface area contributed by atoms with Gasteiger partial charge in [0.2, 0.25) is 5.24 Å². The van der Waals surface area contributed by atoms with Gasteiger partial charge in [0.25, 0.3) is 0 Å². The van der Waals surface area contributed by atoms with E-state index in [2.05, 4.69) is 15.9 Å². The quantitative estimate of drug-likeness (QED) is 0.404. The number of hydrogen-bond donors (Lipinski definition) is 1. The fourth-order valence-electron chi connectivity index (χ4n) is 0.0971. The van der Waals surface area contributed by atoms with Crippen molar-refractivity contribution in [1.82, 2.24) is 0 Å². The summed E-state index contributed by atoms with van der Waals surface area (Å²) in [6, 6.07) is 0. The highest BCUT2D eigenvalue weighted by Crippen LogP contribution is 2.02. The summed E-state index contributed by atoms with van der Waals surface area (Å²) in [6.45, 7) is 0. The number of aliphatic carboxylic acids is 1. The monoisotopic (exact) mass is 200 g/mol. The van der Waals surface area contributed by atoms with Crippen molar-refractivity contribution in [2.75, 3.05) is 0 Å². The van der Waals surface area contributed by atoms with E-state index in [1.165, 1.54) is 0 Å². The van der Waals surface area contributed by atoms with Crippen LogP contribution in [0.2, 0.25) is 0 Å². The predicted octanol–water partition coefficient (Wildman–Crippen LogP) is 0.600. The molecule has 0 aromatic rings. The van der Waals surface area contributed by atoms with Gasteiger partial charge in [-0.3, -0.25) is 9.59 Å². The maximum absolute atomic E-state index is 9.92. The summed E-state index contributed by atoms with van der Waals surface area (Å²) in [5.74, 6) is -1.27. The highest BCUT2D eigenvalue weighted by atomic mass is 79.9. The molecule has 0 aliphatic rings. The molecule has 0 heterocycles. The lowest BCUT2D eigenvalue weighted by atomic mass is 10.5. The van der Waals surface area contributed by atoms with Gasteiger partial charge in [-0.05, 0) is 11.6 Å². The van der Waals surface area contributed by atoms with Gasteiger partial charge in [-0.15, -0.1) is 0 Å². The van der Waals surface area contributed by atoms with Crippen molar-refractivity contribution in [3.63, 3.8) is 0 Å².